The van der Waals surface area contributed by atoms with Crippen molar-refractivity contribution in [3.05, 3.63) is 22.7 Å². The maximum atomic E-state index is 11.1. The van der Waals surface area contributed by atoms with Crippen LogP contribution in [0, 0.1) is 0 Å². The summed E-state index contributed by atoms with van der Waals surface area (Å²) in [6, 6.07) is 0. The highest BCUT2D eigenvalue weighted by Gasteiger charge is 2.23. The Morgan fingerprint density at radius 3 is 2.81 bits per heavy atom. The molecule has 7 heteroatoms. The zero-order valence-corrected chi connectivity index (χ0v) is 13.7. The Morgan fingerprint density at radius 1 is 1.52 bits per heavy atom. The summed E-state index contributed by atoms with van der Waals surface area (Å²) >= 11 is 3.38. The number of nitrogens with zero attached hydrogens (tertiary/aromatic N) is 4. The number of aromatic nitrogens is 2. The first-order valence-electron chi connectivity index (χ1n) is 6.95. The zero-order valence-electron chi connectivity index (χ0n) is 12.1. The maximum absolute atomic E-state index is 11.1. The molecule has 1 aliphatic heterocycles. The van der Waals surface area contributed by atoms with E-state index in [0.29, 0.717) is 35.9 Å². The van der Waals surface area contributed by atoms with E-state index in [0.717, 1.165) is 31.6 Å². The highest BCUT2D eigenvalue weighted by Crippen LogP contribution is 2.20. The normalized spacial score (nSPS) is 16.1. The highest BCUT2D eigenvalue weighted by atomic mass is 79.9. The molecule has 21 heavy (non-hydrogen) atoms. The fraction of sp³-hybridized carbons (Fsp3) is 0.500. The van der Waals surface area contributed by atoms with E-state index in [-0.39, 0.29) is 0 Å². The van der Waals surface area contributed by atoms with Crippen molar-refractivity contribution in [1.29, 1.82) is 0 Å². The molecule has 1 aliphatic rings. The Balaban J connectivity index is 2.45. The summed E-state index contributed by atoms with van der Waals surface area (Å²) in [5.74, 6) is 1.42. The van der Waals surface area contributed by atoms with Gasteiger partial charge in [0.15, 0.2) is 17.9 Å². The van der Waals surface area contributed by atoms with E-state index in [2.05, 4.69) is 44.3 Å². The minimum atomic E-state index is 0.349. The second-order valence-corrected chi connectivity index (χ2v) is 5.34. The summed E-state index contributed by atoms with van der Waals surface area (Å²) in [5, 5.41) is 0. The van der Waals surface area contributed by atoms with Crippen LogP contribution in [-0.2, 0) is 4.74 Å². The molecule has 1 aromatic heterocycles. The van der Waals surface area contributed by atoms with Gasteiger partial charge in [-0.1, -0.05) is 13.5 Å². The maximum Gasteiger partial charge on any atom is 0.181 e. The number of carbonyl (C=O) groups excluding carboxylic acids is 1. The number of halogens is 1. The third kappa shape index (κ3) is 3.41. The van der Waals surface area contributed by atoms with E-state index >= 15 is 0 Å². The lowest BCUT2D eigenvalue weighted by Crippen LogP contribution is -2.42. The molecular weight excluding hydrogens is 336 g/mol. The Bertz CT molecular complexity index is 547. The van der Waals surface area contributed by atoms with E-state index in [1.807, 2.05) is 0 Å². The van der Waals surface area contributed by atoms with Gasteiger partial charge in [-0.15, -0.1) is 0 Å². The summed E-state index contributed by atoms with van der Waals surface area (Å²) < 4.78 is 7.73. The van der Waals surface area contributed by atoms with Crippen molar-refractivity contribution in [3.63, 3.8) is 0 Å². The van der Waals surface area contributed by atoms with E-state index in [1.54, 1.807) is 10.8 Å². The van der Waals surface area contributed by atoms with Crippen LogP contribution in [0.1, 0.15) is 29.7 Å². The number of rotatable bonds is 5. The van der Waals surface area contributed by atoms with Crippen molar-refractivity contribution in [1.82, 2.24) is 14.5 Å². The van der Waals surface area contributed by atoms with Gasteiger partial charge in [0.25, 0.3) is 0 Å². The van der Waals surface area contributed by atoms with Gasteiger partial charge in [0.2, 0.25) is 0 Å². The highest BCUT2D eigenvalue weighted by molar-refractivity contribution is 9.10. The first-order chi connectivity index (χ1) is 10.2. The lowest BCUT2D eigenvalue weighted by molar-refractivity contribution is 0.0679. The number of imidazole rings is 1. The second kappa shape index (κ2) is 7.51. The number of ether oxygens (including phenoxy) is 1. The molecule has 1 aromatic rings. The summed E-state index contributed by atoms with van der Waals surface area (Å²) in [7, 11) is 0. The van der Waals surface area contributed by atoms with Crippen LogP contribution < -0.4 is 0 Å². The molecule has 2 heterocycles. The van der Waals surface area contributed by atoms with Crippen LogP contribution in [0.25, 0.3) is 6.20 Å². The lowest BCUT2D eigenvalue weighted by atomic mass is 10.3. The number of hydrogen-bond donors (Lipinski definition) is 0. The summed E-state index contributed by atoms with van der Waals surface area (Å²) in [6.45, 7) is 9.44. The third-order valence-electron chi connectivity index (χ3n) is 3.17. The molecule has 0 aromatic carbocycles. The molecule has 2 rings (SSSR count). The van der Waals surface area contributed by atoms with Crippen LogP contribution >= 0.6 is 15.9 Å². The fourth-order valence-corrected chi connectivity index (χ4v) is 2.63. The van der Waals surface area contributed by atoms with Crippen molar-refractivity contribution in [2.75, 3.05) is 32.8 Å². The van der Waals surface area contributed by atoms with Gasteiger partial charge < -0.3 is 9.64 Å². The Kier molecular flexibility index (Phi) is 5.69. The zero-order chi connectivity index (χ0) is 15.2. The molecule has 0 spiro atoms. The SMILES string of the molecule is C=Cn1c(C(=NCCC)N2CCOCC2)nc(C=O)c1Br. The van der Waals surface area contributed by atoms with Gasteiger partial charge in [-0.05, 0) is 22.4 Å². The quantitative estimate of drug-likeness (QED) is 0.461. The average Bonchev–Trinajstić information content (AvgIpc) is 2.84. The number of hydrogen-bond acceptors (Lipinski definition) is 4. The predicted octanol–water partition coefficient (Wildman–Crippen LogP) is 2.05. The van der Waals surface area contributed by atoms with E-state index in [1.165, 1.54) is 0 Å². The van der Waals surface area contributed by atoms with Gasteiger partial charge in [0.1, 0.15) is 10.3 Å². The van der Waals surface area contributed by atoms with Gasteiger partial charge in [0, 0.05) is 25.8 Å². The molecule has 0 saturated carbocycles. The molecule has 0 amide bonds. The van der Waals surface area contributed by atoms with E-state index in [9.17, 15) is 4.79 Å². The molecule has 0 atom stereocenters. The van der Waals surface area contributed by atoms with E-state index in [4.69, 9.17) is 4.74 Å². The fourth-order valence-electron chi connectivity index (χ4n) is 2.13. The molecule has 1 saturated heterocycles. The van der Waals surface area contributed by atoms with Crippen molar-refractivity contribution in [3.8, 4) is 0 Å². The number of aldehydes is 1. The van der Waals surface area contributed by atoms with Gasteiger partial charge >= 0.3 is 0 Å². The monoisotopic (exact) mass is 354 g/mol. The topological polar surface area (TPSA) is 59.7 Å². The number of carbonyl (C=O) groups is 1. The van der Waals surface area contributed by atoms with Crippen molar-refractivity contribution in [2.24, 2.45) is 4.99 Å². The largest absolute Gasteiger partial charge is 0.378 e. The molecule has 6 nitrogen and oxygen atoms in total. The van der Waals surface area contributed by atoms with Crippen LogP contribution in [-0.4, -0.2) is 59.4 Å². The lowest BCUT2D eigenvalue weighted by Gasteiger charge is -2.29. The van der Waals surface area contributed by atoms with Gasteiger partial charge in [0.05, 0.1) is 13.2 Å². The van der Waals surface area contributed by atoms with Crippen LogP contribution in [0.5, 0.6) is 0 Å². The molecular formula is C14H19BrN4O2. The first-order valence-corrected chi connectivity index (χ1v) is 7.75. The van der Waals surface area contributed by atoms with E-state index < -0.39 is 0 Å². The molecule has 0 bridgehead atoms. The first kappa shape index (κ1) is 15.9. The van der Waals surface area contributed by atoms with Crippen molar-refractivity contribution in [2.45, 2.75) is 13.3 Å². The Labute approximate surface area is 132 Å². The summed E-state index contributed by atoms with van der Waals surface area (Å²) in [4.78, 5) is 22.3. The average molecular weight is 355 g/mol. The smallest absolute Gasteiger partial charge is 0.181 e. The standard InChI is InChI=1S/C14H19BrN4O2/c1-3-5-16-13(18-6-8-21-9-7-18)14-17-11(10-20)12(15)19(14)4-2/h4,10H,2-3,5-9H2,1H3. The van der Waals surface area contributed by atoms with Gasteiger partial charge in [-0.3, -0.25) is 14.4 Å². The third-order valence-corrected chi connectivity index (χ3v) is 3.96. The van der Waals surface area contributed by atoms with Crippen LogP contribution in [0.4, 0.5) is 0 Å². The summed E-state index contributed by atoms with van der Waals surface area (Å²) in [6.07, 6.45) is 3.30. The minimum absolute atomic E-state index is 0.349. The summed E-state index contributed by atoms with van der Waals surface area (Å²) in [5.41, 5.74) is 0.349. The predicted molar refractivity (Wildman–Crippen MR) is 85.8 cm³/mol. The van der Waals surface area contributed by atoms with Gasteiger partial charge in [-0.25, -0.2) is 4.98 Å². The minimum Gasteiger partial charge on any atom is -0.378 e. The number of aliphatic imine (C=N–C) groups is 1. The molecule has 114 valence electrons. The van der Waals surface area contributed by atoms with Crippen LogP contribution in [0.3, 0.4) is 0 Å². The molecule has 0 radical (unpaired) electrons. The second-order valence-electron chi connectivity index (χ2n) is 4.59. The van der Waals surface area contributed by atoms with Crippen molar-refractivity contribution >= 4 is 34.3 Å². The van der Waals surface area contributed by atoms with Crippen molar-refractivity contribution < 1.29 is 9.53 Å². The molecule has 0 unspecified atom stereocenters. The molecule has 0 N–H and O–H groups in total. The van der Waals surface area contributed by atoms with Crippen LogP contribution in [0.15, 0.2) is 16.2 Å². The van der Waals surface area contributed by atoms with Crippen LogP contribution in [0.2, 0.25) is 0 Å². The molecule has 0 aliphatic carbocycles. The number of morpholine rings is 1. The van der Waals surface area contributed by atoms with Gasteiger partial charge in [-0.2, -0.15) is 0 Å². The molecule has 1 fully saturated rings. The number of amidine groups is 1. The Hall–Kier alpha value is -1.47. The Morgan fingerprint density at radius 2 is 2.24 bits per heavy atom.